The third kappa shape index (κ3) is 7.76. The van der Waals surface area contributed by atoms with Crippen LogP contribution in [0.25, 0.3) is 11.1 Å². The zero-order valence-corrected chi connectivity index (χ0v) is 31.5. The van der Waals surface area contributed by atoms with Gasteiger partial charge in [-0.2, -0.15) is 0 Å². The van der Waals surface area contributed by atoms with E-state index in [1.807, 2.05) is 6.92 Å². The molecule has 0 aliphatic rings. The molecule has 0 radical (unpaired) electrons. The van der Waals surface area contributed by atoms with Gasteiger partial charge in [0.2, 0.25) is 0 Å². The van der Waals surface area contributed by atoms with Crippen LogP contribution in [0.5, 0.6) is 11.5 Å². The minimum absolute atomic E-state index is 0.0263. The molecule has 0 aromatic heterocycles. The Labute approximate surface area is 271 Å². The molecule has 2 rings (SSSR count). The maximum absolute atomic E-state index is 14.3. The Hall–Kier alpha value is -1.36. The summed E-state index contributed by atoms with van der Waals surface area (Å²) in [6, 6.07) is 9.92. The summed E-state index contributed by atoms with van der Waals surface area (Å²) >= 11 is 0. The summed E-state index contributed by atoms with van der Waals surface area (Å²) in [6.07, 6.45) is 2.87. The second kappa shape index (κ2) is 15.9. The number of aryl methyl sites for hydroxylation is 2. The van der Waals surface area contributed by atoms with Gasteiger partial charge in [-0.1, -0.05) is 49.6 Å². The zero-order valence-electron chi connectivity index (χ0n) is 27.9. The van der Waals surface area contributed by atoms with Crippen LogP contribution in [0.2, 0.25) is 0 Å². The average molecular weight is 731 g/mol. The van der Waals surface area contributed by atoms with Crippen molar-refractivity contribution >= 4 is 30.4 Å². The lowest BCUT2D eigenvalue weighted by Crippen LogP contribution is -2.30. The zero-order chi connectivity index (χ0) is 35.2. The molecule has 2 N–H and O–H groups in total. The molecule has 0 bridgehead atoms. The van der Waals surface area contributed by atoms with Crippen molar-refractivity contribution < 1.29 is 64.7 Å². The van der Waals surface area contributed by atoms with Gasteiger partial charge in [0.05, 0.1) is 5.56 Å². The van der Waals surface area contributed by atoms with Gasteiger partial charge in [0.1, 0.15) is 11.5 Å². The Bertz CT molecular complexity index is 1440. The van der Waals surface area contributed by atoms with E-state index in [4.69, 9.17) is 36.2 Å². The Morgan fingerprint density at radius 1 is 0.652 bits per heavy atom. The molecule has 0 fully saturated rings. The lowest BCUT2D eigenvalue weighted by atomic mass is 9.98. The van der Waals surface area contributed by atoms with Crippen molar-refractivity contribution in [2.75, 3.05) is 42.7 Å². The normalized spacial score (nSPS) is 17.7. The first-order valence-electron chi connectivity index (χ1n) is 14.2. The van der Waals surface area contributed by atoms with Gasteiger partial charge < -0.3 is 46.4 Å². The van der Waals surface area contributed by atoms with E-state index in [1.165, 1.54) is 12.1 Å². The van der Waals surface area contributed by atoms with Crippen LogP contribution in [0.3, 0.4) is 0 Å². The van der Waals surface area contributed by atoms with Crippen molar-refractivity contribution in [1.29, 1.82) is 0 Å². The number of benzene rings is 2. The van der Waals surface area contributed by atoms with E-state index >= 15 is 0 Å². The molecular formula is C28H46O14P4. The lowest BCUT2D eigenvalue weighted by molar-refractivity contribution is 0.124. The highest BCUT2D eigenvalue weighted by atomic mass is 31.2. The molecule has 14 nitrogen and oxygen atoms in total. The van der Waals surface area contributed by atoms with Gasteiger partial charge in [-0.05, 0) is 56.9 Å². The quantitative estimate of drug-likeness (QED) is 0.104. The van der Waals surface area contributed by atoms with E-state index in [-0.39, 0.29) is 17.1 Å². The van der Waals surface area contributed by atoms with E-state index in [0.29, 0.717) is 24.0 Å². The van der Waals surface area contributed by atoms with Crippen molar-refractivity contribution in [3.05, 3.63) is 47.5 Å². The second-order valence-electron chi connectivity index (χ2n) is 10.5. The van der Waals surface area contributed by atoms with E-state index in [9.17, 15) is 28.5 Å². The first kappa shape index (κ1) is 40.8. The molecule has 18 heteroatoms. The fourth-order valence-electron chi connectivity index (χ4n) is 4.59. The highest BCUT2D eigenvalue weighted by Gasteiger charge is 2.63. The van der Waals surface area contributed by atoms with E-state index in [0.717, 1.165) is 74.9 Å². The summed E-state index contributed by atoms with van der Waals surface area (Å²) in [5.41, 5.74) is 1.72. The summed E-state index contributed by atoms with van der Waals surface area (Å²) in [7, 11) is -12.8. The minimum atomic E-state index is -4.88. The molecule has 262 valence electrons. The molecule has 0 aliphatic carbocycles. The fraction of sp³-hybridized carbons (Fsp3) is 0.571. The molecule has 0 saturated heterocycles. The molecule has 0 saturated carbocycles. The average Bonchev–Trinajstić information content (AvgIpc) is 3.03. The van der Waals surface area contributed by atoms with Crippen LogP contribution in [-0.4, -0.2) is 63.0 Å². The van der Waals surface area contributed by atoms with Gasteiger partial charge in [-0.3, -0.25) is 9.13 Å². The van der Waals surface area contributed by atoms with Crippen molar-refractivity contribution in [2.24, 2.45) is 0 Å². The first-order chi connectivity index (χ1) is 21.3. The Morgan fingerprint density at radius 2 is 1.07 bits per heavy atom. The molecule has 46 heavy (non-hydrogen) atoms. The summed E-state index contributed by atoms with van der Waals surface area (Å²) in [4.78, 5) is 0. The molecule has 0 aliphatic heterocycles. The summed E-state index contributed by atoms with van der Waals surface area (Å²) in [6.45, 7) is 5.69. The standard InChI is InChI=1S/C28H46O14P4/c1-11-12-13-16-22-19-24(41-45(33,39-9)27(3,29)43(31,35-5)36-6)26(23-17-14-15-21(2)18-23)25(20-22)42-46(34,40-10)28(4,30)44(32,37-7)38-8/h14-15,17-20,29-30H,11-13,16H2,1-10H3. The number of hydrogen-bond acceptors (Lipinski definition) is 14. The number of rotatable bonds is 19. The minimum Gasteiger partial charge on any atom is -0.421 e. The van der Waals surface area contributed by atoms with Crippen LogP contribution in [0.1, 0.15) is 51.2 Å². The predicted molar refractivity (Wildman–Crippen MR) is 175 cm³/mol. The van der Waals surface area contributed by atoms with E-state index in [2.05, 4.69) is 0 Å². The first-order valence-corrected chi connectivity index (χ1v) is 20.3. The molecule has 0 heterocycles. The van der Waals surface area contributed by atoms with Gasteiger partial charge in [-0.15, -0.1) is 0 Å². The van der Waals surface area contributed by atoms with Crippen LogP contribution < -0.4 is 9.05 Å². The van der Waals surface area contributed by atoms with Gasteiger partial charge in [0.15, 0.2) is 0 Å². The molecule has 0 spiro atoms. The van der Waals surface area contributed by atoms with Crippen LogP contribution in [-0.2, 0) is 51.8 Å². The number of unbranched alkanes of at least 4 members (excludes halogenated alkanes) is 2. The molecule has 2 aromatic carbocycles. The lowest BCUT2D eigenvalue weighted by Gasteiger charge is -2.36. The Morgan fingerprint density at radius 3 is 1.41 bits per heavy atom. The second-order valence-corrected chi connectivity index (χ2v) is 21.2. The van der Waals surface area contributed by atoms with Crippen molar-refractivity contribution in [3.8, 4) is 22.6 Å². The van der Waals surface area contributed by atoms with Crippen LogP contribution in [0.15, 0.2) is 36.4 Å². The Kier molecular flexibility index (Phi) is 14.1. The smallest absolute Gasteiger partial charge is 0.421 e. The third-order valence-corrected chi connectivity index (χ3v) is 18.3. The Balaban J connectivity index is 3.04. The summed E-state index contributed by atoms with van der Waals surface area (Å²) < 4.78 is 97.6. The third-order valence-electron chi connectivity index (χ3n) is 7.46. The van der Waals surface area contributed by atoms with Gasteiger partial charge in [-0.25, -0.2) is 9.13 Å². The highest BCUT2D eigenvalue weighted by Crippen LogP contribution is 2.77. The molecule has 4 unspecified atom stereocenters. The fourth-order valence-corrected chi connectivity index (χ4v) is 12.4. The van der Waals surface area contributed by atoms with Gasteiger partial charge >= 0.3 is 30.4 Å². The van der Waals surface area contributed by atoms with Gasteiger partial charge in [0, 0.05) is 42.7 Å². The SMILES string of the molecule is CCCCCc1cc(OP(=O)(OC)C(C)(O)P(=O)(OC)OC)c(-c2cccc(C)c2)c(OP(=O)(OC)C(C)(O)P(=O)(OC)OC)c1. The maximum atomic E-state index is 14.3. The van der Waals surface area contributed by atoms with Crippen LogP contribution in [0, 0.1) is 6.92 Å². The molecule has 4 atom stereocenters. The number of aliphatic hydroxyl groups is 2. The van der Waals surface area contributed by atoms with Crippen molar-refractivity contribution in [1.82, 2.24) is 0 Å². The van der Waals surface area contributed by atoms with Gasteiger partial charge in [0.25, 0.3) is 10.2 Å². The van der Waals surface area contributed by atoms with Crippen molar-refractivity contribution in [2.45, 2.75) is 63.5 Å². The largest absolute Gasteiger partial charge is 0.422 e. The summed E-state index contributed by atoms with van der Waals surface area (Å²) in [5.74, 6) is -0.412. The molecule has 2 aromatic rings. The number of hydrogen-bond donors (Lipinski definition) is 2. The van der Waals surface area contributed by atoms with Crippen LogP contribution in [0.4, 0.5) is 0 Å². The van der Waals surface area contributed by atoms with Crippen molar-refractivity contribution in [3.63, 3.8) is 0 Å². The topological polar surface area (TPSA) is 183 Å². The molecule has 0 amide bonds. The monoisotopic (exact) mass is 730 g/mol. The van der Waals surface area contributed by atoms with E-state index < -0.39 is 40.5 Å². The summed E-state index contributed by atoms with van der Waals surface area (Å²) in [5, 5.41) is 17.1. The molecular weight excluding hydrogens is 684 g/mol. The highest BCUT2D eigenvalue weighted by molar-refractivity contribution is 7.74. The van der Waals surface area contributed by atoms with Crippen LogP contribution >= 0.6 is 30.4 Å². The predicted octanol–water partition coefficient (Wildman–Crippen LogP) is 8.14. The van der Waals surface area contributed by atoms with E-state index in [1.54, 1.807) is 31.2 Å². The maximum Gasteiger partial charge on any atom is 0.422 e.